The molecule has 1 fully saturated rings. The summed E-state index contributed by atoms with van der Waals surface area (Å²) < 4.78 is 11.3. The second-order valence-corrected chi connectivity index (χ2v) is 8.18. The number of nitrogens with zero attached hydrogens (tertiary/aromatic N) is 5. The van der Waals surface area contributed by atoms with Gasteiger partial charge in [-0.25, -0.2) is 4.98 Å². The third-order valence-electron chi connectivity index (χ3n) is 5.39. The van der Waals surface area contributed by atoms with Gasteiger partial charge in [-0.2, -0.15) is 4.98 Å². The first kappa shape index (κ1) is 21.2. The Balaban J connectivity index is 1.42. The largest absolute Gasteiger partial charge is 0.481 e. The molecule has 0 saturated carbocycles. The number of hydrogen-bond donors (Lipinski definition) is 0. The van der Waals surface area contributed by atoms with Gasteiger partial charge in [-0.3, -0.25) is 9.78 Å². The third kappa shape index (κ3) is 4.69. The van der Waals surface area contributed by atoms with E-state index in [-0.39, 0.29) is 11.8 Å². The lowest BCUT2D eigenvalue weighted by molar-refractivity contribution is -0.139. The molecule has 0 N–H and O–H groups in total. The van der Waals surface area contributed by atoms with Gasteiger partial charge >= 0.3 is 0 Å². The zero-order valence-electron chi connectivity index (χ0n) is 17.7. The molecule has 1 aromatic carbocycles. The van der Waals surface area contributed by atoms with Gasteiger partial charge in [0, 0.05) is 36.4 Å². The molecule has 0 spiro atoms. The molecule has 1 aliphatic rings. The van der Waals surface area contributed by atoms with Gasteiger partial charge in [0.1, 0.15) is 11.4 Å². The van der Waals surface area contributed by atoms with Gasteiger partial charge in [-0.05, 0) is 56.9 Å². The van der Waals surface area contributed by atoms with Crippen LogP contribution in [-0.4, -0.2) is 50.1 Å². The van der Waals surface area contributed by atoms with Crippen molar-refractivity contribution >= 4 is 17.5 Å². The molecule has 1 amide bonds. The minimum absolute atomic E-state index is 0.000841. The number of rotatable bonds is 5. The maximum absolute atomic E-state index is 13.0. The molecule has 3 aromatic rings. The van der Waals surface area contributed by atoms with Crippen LogP contribution in [0.2, 0.25) is 5.02 Å². The highest BCUT2D eigenvalue weighted by molar-refractivity contribution is 6.32. The normalized spacial score (nSPS) is 17.4. The fraction of sp³-hybridized carbons (Fsp3) is 0.409. The van der Waals surface area contributed by atoms with E-state index in [2.05, 4.69) is 20.1 Å². The van der Waals surface area contributed by atoms with Gasteiger partial charge in [-0.1, -0.05) is 16.8 Å². The summed E-state index contributed by atoms with van der Waals surface area (Å²) in [6.45, 7) is 6.81. The molecule has 1 aliphatic heterocycles. The minimum Gasteiger partial charge on any atom is -0.481 e. The van der Waals surface area contributed by atoms with Gasteiger partial charge in [0.2, 0.25) is 0 Å². The summed E-state index contributed by atoms with van der Waals surface area (Å²) in [5.74, 6) is 1.49. The highest BCUT2D eigenvalue weighted by atomic mass is 35.5. The van der Waals surface area contributed by atoms with Crippen molar-refractivity contribution in [2.24, 2.45) is 0 Å². The smallest absolute Gasteiger partial charge is 0.278 e. The van der Waals surface area contributed by atoms with Crippen molar-refractivity contribution in [1.29, 1.82) is 0 Å². The Morgan fingerprint density at radius 1 is 1.29 bits per heavy atom. The first-order valence-corrected chi connectivity index (χ1v) is 10.6. The maximum Gasteiger partial charge on any atom is 0.278 e. The highest BCUT2D eigenvalue weighted by Crippen LogP contribution is 2.29. The van der Waals surface area contributed by atoms with Crippen molar-refractivity contribution in [1.82, 2.24) is 25.0 Å². The Bertz CT molecular complexity index is 1050. The molecule has 9 heteroatoms. The number of aryl methyl sites for hydroxylation is 2. The molecule has 162 valence electrons. The Morgan fingerprint density at radius 2 is 2.06 bits per heavy atom. The number of piperidine rings is 1. The van der Waals surface area contributed by atoms with E-state index in [0.29, 0.717) is 41.3 Å². The van der Waals surface area contributed by atoms with Gasteiger partial charge in [0.15, 0.2) is 11.9 Å². The predicted octanol–water partition coefficient (Wildman–Crippen LogP) is 3.97. The summed E-state index contributed by atoms with van der Waals surface area (Å²) in [5.41, 5.74) is 2.37. The quantitative estimate of drug-likeness (QED) is 0.591. The van der Waals surface area contributed by atoms with Crippen LogP contribution in [0.5, 0.6) is 5.75 Å². The summed E-state index contributed by atoms with van der Waals surface area (Å²) in [6, 6.07) is 3.71. The molecule has 4 rings (SSSR count). The van der Waals surface area contributed by atoms with E-state index < -0.39 is 6.10 Å². The Kier molecular flexibility index (Phi) is 6.18. The minimum atomic E-state index is -0.612. The van der Waals surface area contributed by atoms with E-state index in [1.54, 1.807) is 25.5 Å². The highest BCUT2D eigenvalue weighted by Gasteiger charge is 2.31. The lowest BCUT2D eigenvalue weighted by Gasteiger charge is -2.33. The van der Waals surface area contributed by atoms with Crippen molar-refractivity contribution in [2.75, 3.05) is 13.1 Å². The number of likely N-dealkylation sites (tertiary alicyclic amines) is 1. The first-order chi connectivity index (χ1) is 14.9. The van der Waals surface area contributed by atoms with E-state index in [1.807, 2.05) is 30.9 Å². The van der Waals surface area contributed by atoms with Crippen LogP contribution in [0, 0.1) is 13.8 Å². The van der Waals surface area contributed by atoms with Crippen LogP contribution in [0.25, 0.3) is 11.6 Å². The van der Waals surface area contributed by atoms with Crippen molar-refractivity contribution < 1.29 is 14.1 Å². The van der Waals surface area contributed by atoms with Crippen molar-refractivity contribution in [2.45, 2.75) is 45.6 Å². The van der Waals surface area contributed by atoms with Gasteiger partial charge in [0.25, 0.3) is 11.8 Å². The standard InChI is InChI=1S/C22H24ClN5O3/c1-13-9-17(10-14(2)19(13)23)30-15(3)22(29)28-8-4-5-16(12-28)20-26-21(31-27-20)18-11-24-6-7-25-18/h6-7,9-11,15-16H,4-5,8,12H2,1-3H3/t15-,16-/m1/s1. The summed E-state index contributed by atoms with van der Waals surface area (Å²) >= 11 is 6.23. The topological polar surface area (TPSA) is 94.2 Å². The lowest BCUT2D eigenvalue weighted by atomic mass is 9.97. The van der Waals surface area contributed by atoms with Crippen LogP contribution in [0.1, 0.15) is 42.6 Å². The van der Waals surface area contributed by atoms with Crippen LogP contribution in [0.4, 0.5) is 0 Å². The molecule has 3 heterocycles. The number of halogens is 1. The zero-order chi connectivity index (χ0) is 22.0. The molecular weight excluding hydrogens is 418 g/mol. The molecule has 2 aromatic heterocycles. The van der Waals surface area contributed by atoms with E-state index in [4.69, 9.17) is 20.9 Å². The van der Waals surface area contributed by atoms with Gasteiger partial charge in [-0.15, -0.1) is 0 Å². The average molecular weight is 442 g/mol. The first-order valence-electron chi connectivity index (χ1n) is 10.2. The summed E-state index contributed by atoms with van der Waals surface area (Å²) in [5, 5.41) is 4.83. The molecule has 0 aliphatic carbocycles. The third-order valence-corrected chi connectivity index (χ3v) is 5.99. The van der Waals surface area contributed by atoms with E-state index >= 15 is 0 Å². The zero-order valence-corrected chi connectivity index (χ0v) is 18.5. The predicted molar refractivity (Wildman–Crippen MR) is 115 cm³/mol. The van der Waals surface area contributed by atoms with Crippen molar-refractivity contribution in [3.05, 3.63) is 52.7 Å². The van der Waals surface area contributed by atoms with Crippen LogP contribution in [-0.2, 0) is 4.79 Å². The molecule has 2 atom stereocenters. The summed E-state index contributed by atoms with van der Waals surface area (Å²) in [6.07, 6.45) is 5.87. The number of hydrogen-bond acceptors (Lipinski definition) is 7. The van der Waals surface area contributed by atoms with E-state index in [0.717, 1.165) is 24.0 Å². The Hall–Kier alpha value is -3.00. The van der Waals surface area contributed by atoms with E-state index in [9.17, 15) is 4.79 Å². The molecule has 31 heavy (non-hydrogen) atoms. The molecular formula is C22H24ClN5O3. The van der Waals surface area contributed by atoms with Crippen molar-refractivity contribution in [3.63, 3.8) is 0 Å². The molecule has 1 saturated heterocycles. The summed E-state index contributed by atoms with van der Waals surface area (Å²) in [7, 11) is 0. The van der Waals surface area contributed by atoms with Crippen molar-refractivity contribution in [3.8, 4) is 17.3 Å². The second-order valence-electron chi connectivity index (χ2n) is 7.80. The number of aromatic nitrogens is 4. The number of ether oxygens (including phenoxy) is 1. The number of amides is 1. The fourth-order valence-corrected chi connectivity index (χ4v) is 3.90. The number of benzene rings is 1. The molecule has 0 unspecified atom stereocenters. The Morgan fingerprint density at radius 3 is 2.77 bits per heavy atom. The van der Waals surface area contributed by atoms with Crippen LogP contribution >= 0.6 is 11.6 Å². The maximum atomic E-state index is 13.0. The Labute approximate surface area is 185 Å². The molecule has 0 radical (unpaired) electrons. The lowest BCUT2D eigenvalue weighted by Crippen LogP contribution is -2.45. The van der Waals surface area contributed by atoms with Crippen LogP contribution < -0.4 is 4.74 Å². The fourth-order valence-electron chi connectivity index (χ4n) is 3.79. The van der Waals surface area contributed by atoms with Crippen LogP contribution in [0.15, 0.2) is 35.2 Å². The van der Waals surface area contributed by atoms with Gasteiger partial charge in [0.05, 0.1) is 6.20 Å². The SMILES string of the molecule is Cc1cc(O[C@H](C)C(=O)N2CCC[C@@H](c3noc(-c4cnccn4)n3)C2)cc(C)c1Cl. The van der Waals surface area contributed by atoms with Crippen LogP contribution in [0.3, 0.4) is 0 Å². The monoisotopic (exact) mass is 441 g/mol. The van der Waals surface area contributed by atoms with Gasteiger partial charge < -0.3 is 14.2 Å². The second kappa shape index (κ2) is 9.01. The molecule has 0 bridgehead atoms. The molecule has 8 nitrogen and oxygen atoms in total. The average Bonchev–Trinajstić information content (AvgIpc) is 3.28. The number of carbonyl (C=O) groups excluding carboxylic acids is 1. The summed E-state index contributed by atoms with van der Waals surface area (Å²) in [4.78, 5) is 27.5. The van der Waals surface area contributed by atoms with E-state index in [1.165, 1.54) is 0 Å². The number of carbonyl (C=O) groups is 1.